The van der Waals surface area contributed by atoms with Gasteiger partial charge in [-0.25, -0.2) is 0 Å². The van der Waals surface area contributed by atoms with Crippen LogP contribution in [0, 0.1) is 5.92 Å². The van der Waals surface area contributed by atoms with Crippen molar-refractivity contribution in [3.8, 4) is 0 Å². The molecule has 0 amide bonds. The summed E-state index contributed by atoms with van der Waals surface area (Å²) in [5, 5.41) is 29.7. The average molecular weight is 263 g/mol. The Morgan fingerprint density at radius 3 is 2.56 bits per heavy atom. The molecule has 0 spiro atoms. The Hall–Kier alpha value is -0.200. The van der Waals surface area contributed by atoms with Gasteiger partial charge >= 0.3 is 0 Å². The van der Waals surface area contributed by atoms with Crippen molar-refractivity contribution in [1.82, 2.24) is 0 Å². The van der Waals surface area contributed by atoms with Crippen LogP contribution >= 0.6 is 0 Å². The lowest BCUT2D eigenvalue weighted by Crippen LogP contribution is -2.57. The molecule has 0 radical (unpaired) electrons. The van der Waals surface area contributed by atoms with Crippen molar-refractivity contribution < 1.29 is 26.2 Å². The first kappa shape index (κ1) is 14.2. The van der Waals surface area contributed by atoms with Gasteiger partial charge in [-0.2, -0.15) is 0 Å². The highest BCUT2D eigenvalue weighted by Gasteiger charge is 2.46. The lowest BCUT2D eigenvalue weighted by molar-refractivity contribution is -0.326. The van der Waals surface area contributed by atoms with E-state index in [0.717, 1.165) is 0 Å². The van der Waals surface area contributed by atoms with Gasteiger partial charge in [-0.15, -0.1) is 0 Å². The molecule has 0 aromatic carbocycles. The van der Waals surface area contributed by atoms with Crippen LogP contribution in [-0.4, -0.2) is 51.6 Å². The molecule has 108 valence electrons. The molecular weight excluding hydrogens is 236 g/mol. The number of rotatable bonds is 4. The first-order valence-electron chi connectivity index (χ1n) is 7.10. The first-order valence-corrected chi connectivity index (χ1v) is 6.39. The average Bonchev–Trinajstić information content (AvgIpc) is 2.30. The Balaban J connectivity index is 2.84. The fraction of sp³-hybridized carbons (Fsp3) is 1.00. The highest BCUT2D eigenvalue weighted by atomic mass is 16.7. The van der Waals surface area contributed by atoms with Crippen LogP contribution in [0.5, 0.6) is 0 Å². The summed E-state index contributed by atoms with van der Waals surface area (Å²) in [6, 6.07) is 0. The number of hydrogen-bond donors (Lipinski definition) is 3. The zero-order chi connectivity index (χ0) is 14.8. The highest BCUT2D eigenvalue weighted by Crippen LogP contribution is 2.36. The summed E-state index contributed by atoms with van der Waals surface area (Å²) in [5.41, 5.74) is 0. The number of hydrogen-bond acceptors (Lipinski definition) is 5. The summed E-state index contributed by atoms with van der Waals surface area (Å²) < 4.78 is 18.6. The van der Waals surface area contributed by atoms with Gasteiger partial charge in [0.2, 0.25) is 0 Å². The Kier molecular flexibility index (Phi) is 4.61. The summed E-state index contributed by atoms with van der Waals surface area (Å²) in [4.78, 5) is 0. The predicted molar refractivity (Wildman–Crippen MR) is 67.0 cm³/mol. The van der Waals surface area contributed by atoms with Gasteiger partial charge in [0.1, 0.15) is 6.10 Å². The Bertz CT molecular complexity index is 288. The molecule has 0 bridgehead atoms. The molecule has 0 aromatic heterocycles. The Labute approximate surface area is 110 Å². The molecule has 1 aliphatic heterocycles. The summed E-state index contributed by atoms with van der Waals surface area (Å²) >= 11 is 0. The normalized spacial score (nSPS) is 41.6. The molecule has 1 heterocycles. The maximum absolute atomic E-state index is 10.1. The molecule has 6 unspecified atom stereocenters. The third kappa shape index (κ3) is 3.65. The topological polar surface area (TPSA) is 79.2 Å². The molecule has 1 saturated heterocycles. The number of aliphatic hydroxyl groups is 3. The van der Waals surface area contributed by atoms with Crippen LogP contribution in [0.3, 0.4) is 0 Å². The van der Waals surface area contributed by atoms with Crippen molar-refractivity contribution in [3.05, 3.63) is 0 Å². The van der Waals surface area contributed by atoms with Crippen molar-refractivity contribution in [1.29, 1.82) is 0 Å². The zero-order valence-corrected chi connectivity index (χ0v) is 11.5. The van der Waals surface area contributed by atoms with E-state index in [4.69, 9.17) is 10.8 Å². The van der Waals surface area contributed by atoms with E-state index in [-0.39, 0.29) is 18.9 Å². The molecule has 6 atom stereocenters. The third-order valence-corrected chi connectivity index (χ3v) is 3.31. The van der Waals surface area contributed by atoms with E-state index in [0.29, 0.717) is 6.42 Å². The summed E-state index contributed by atoms with van der Waals surface area (Å²) in [5.74, 6) is -1.33. The van der Waals surface area contributed by atoms with E-state index >= 15 is 0 Å². The predicted octanol–water partition coefficient (Wildman–Crippen LogP) is 0.655. The van der Waals surface area contributed by atoms with Crippen molar-refractivity contribution in [2.75, 3.05) is 0 Å². The van der Waals surface area contributed by atoms with E-state index in [1.807, 2.05) is 13.8 Å². The molecule has 1 aliphatic rings. The van der Waals surface area contributed by atoms with E-state index in [1.165, 1.54) is 0 Å². The minimum absolute atomic E-state index is 0.0792. The van der Waals surface area contributed by atoms with E-state index < -0.39 is 30.2 Å². The second-order valence-electron chi connectivity index (χ2n) is 5.57. The van der Waals surface area contributed by atoms with E-state index in [9.17, 15) is 15.3 Å². The summed E-state index contributed by atoms with van der Waals surface area (Å²) in [6.07, 6.45) is -3.61. The monoisotopic (exact) mass is 263 g/mol. The Morgan fingerprint density at radius 2 is 2.06 bits per heavy atom. The molecule has 1 fully saturated rings. The Morgan fingerprint density at radius 1 is 1.44 bits per heavy atom. The van der Waals surface area contributed by atoms with Crippen LogP contribution in [0.4, 0.5) is 0 Å². The lowest BCUT2D eigenvalue weighted by atomic mass is 9.85. The van der Waals surface area contributed by atoms with Gasteiger partial charge in [0.15, 0.2) is 5.79 Å². The molecule has 3 N–H and O–H groups in total. The van der Waals surface area contributed by atoms with Gasteiger partial charge in [-0.1, -0.05) is 6.92 Å². The second-order valence-corrected chi connectivity index (χ2v) is 5.57. The highest BCUT2D eigenvalue weighted by molar-refractivity contribution is 4.91. The largest absolute Gasteiger partial charge is 0.393 e. The molecule has 0 saturated carbocycles. The summed E-state index contributed by atoms with van der Waals surface area (Å²) in [6.45, 7) is 6.89. The second kappa shape index (κ2) is 5.84. The molecule has 0 aromatic rings. The number of aliphatic hydroxyl groups excluding tert-OH is 3. The fourth-order valence-electron chi connectivity index (χ4n) is 2.40. The van der Waals surface area contributed by atoms with Crippen LogP contribution in [0.1, 0.15) is 42.4 Å². The van der Waals surface area contributed by atoms with Gasteiger partial charge in [0.25, 0.3) is 0 Å². The van der Waals surface area contributed by atoms with Crippen LogP contribution in [0.25, 0.3) is 0 Å². The van der Waals surface area contributed by atoms with Crippen LogP contribution in [0.2, 0.25) is 0 Å². The van der Waals surface area contributed by atoms with Crippen molar-refractivity contribution in [3.63, 3.8) is 0 Å². The van der Waals surface area contributed by atoms with E-state index in [1.54, 1.807) is 13.8 Å². The summed E-state index contributed by atoms with van der Waals surface area (Å²) in [7, 11) is 0. The van der Waals surface area contributed by atoms with Crippen LogP contribution in [0.15, 0.2) is 0 Å². The first-order chi connectivity index (χ1) is 8.70. The van der Waals surface area contributed by atoms with Gasteiger partial charge in [-0.05, 0) is 27.7 Å². The van der Waals surface area contributed by atoms with Gasteiger partial charge < -0.3 is 24.8 Å². The molecular formula is C13H26O5. The van der Waals surface area contributed by atoms with Gasteiger partial charge in [0.05, 0.1) is 24.4 Å². The minimum Gasteiger partial charge on any atom is -0.393 e. The van der Waals surface area contributed by atoms with Crippen molar-refractivity contribution >= 4 is 0 Å². The fourth-order valence-corrected chi connectivity index (χ4v) is 2.40. The quantitative estimate of drug-likeness (QED) is 0.694. The molecule has 5 heteroatoms. The van der Waals surface area contributed by atoms with Crippen LogP contribution < -0.4 is 0 Å². The van der Waals surface area contributed by atoms with Crippen molar-refractivity contribution in [2.24, 2.45) is 5.92 Å². The molecule has 5 nitrogen and oxygen atoms in total. The smallest absolute Gasteiger partial charge is 0.168 e. The lowest BCUT2D eigenvalue weighted by Gasteiger charge is -2.46. The van der Waals surface area contributed by atoms with Crippen molar-refractivity contribution in [2.45, 2.75) is 77.3 Å². The molecule has 1 rings (SSSR count). The third-order valence-electron chi connectivity index (χ3n) is 3.31. The van der Waals surface area contributed by atoms with Crippen LogP contribution in [-0.2, 0) is 9.47 Å². The molecule has 0 aliphatic carbocycles. The standard InChI is InChI=1S/C13H26O5/c1-7(2)17-13(5)6-10(15)8(3)12(18-13)11(16)9(4)14/h7-12,14-16H,6H2,1-5H3/i4D. The van der Waals surface area contributed by atoms with Gasteiger partial charge in [0, 0.05) is 13.7 Å². The molecule has 18 heavy (non-hydrogen) atoms. The number of ether oxygens (including phenoxy) is 2. The van der Waals surface area contributed by atoms with E-state index in [2.05, 4.69) is 0 Å². The minimum atomic E-state index is -1.21. The maximum Gasteiger partial charge on any atom is 0.168 e. The maximum atomic E-state index is 10.1. The SMILES string of the molecule is [2H]CC(O)C(O)C1OC(C)(OC(C)C)CC(O)C1C. The van der Waals surface area contributed by atoms with Gasteiger partial charge in [-0.3, -0.25) is 0 Å². The zero-order valence-electron chi connectivity index (χ0n) is 12.5.